The first-order chi connectivity index (χ1) is 15.8. The number of hydrogen-bond donors (Lipinski definition) is 1. The summed E-state index contributed by atoms with van der Waals surface area (Å²) in [4.78, 5) is 27.4. The van der Waals surface area contributed by atoms with E-state index in [9.17, 15) is 14.7 Å². The highest BCUT2D eigenvalue weighted by atomic mass is 16.5. The van der Waals surface area contributed by atoms with Crippen LogP contribution in [-0.2, 0) is 9.59 Å². The van der Waals surface area contributed by atoms with Gasteiger partial charge in [-0.25, -0.2) is 0 Å². The minimum absolute atomic E-state index is 0.0140. The normalized spacial score (nSPS) is 17.4. The molecular weight excluding hydrogens is 420 g/mol. The molecule has 3 aromatic rings. The number of nitriles is 1. The second kappa shape index (κ2) is 8.67. The second-order valence-corrected chi connectivity index (χ2v) is 7.99. The van der Waals surface area contributed by atoms with E-state index in [0.717, 1.165) is 5.56 Å². The average molecular weight is 442 g/mol. The molecule has 7 nitrogen and oxygen atoms in total. The standard InChI is InChI=1S/C26H22N2O5/c1-15(2)33-20-11-8-18(13-16(20)3)24(29)22-23(21-5-4-12-32-21)28(26(31)25(22)30)19-9-6-17(14-27)7-10-19/h4-13,15,23,29H,1-3H3/b24-22-. The first kappa shape index (κ1) is 21.9. The Hall–Kier alpha value is -4.31. The van der Waals surface area contributed by atoms with Crippen molar-refractivity contribution < 1.29 is 23.8 Å². The number of ketones is 1. The van der Waals surface area contributed by atoms with Gasteiger partial charge >= 0.3 is 0 Å². The van der Waals surface area contributed by atoms with Crippen LogP contribution in [0.1, 0.15) is 42.3 Å². The molecule has 1 aromatic heterocycles. The molecule has 1 saturated heterocycles. The molecule has 2 heterocycles. The van der Waals surface area contributed by atoms with Crippen LogP contribution in [0.2, 0.25) is 0 Å². The number of nitrogens with zero attached hydrogens (tertiary/aromatic N) is 2. The van der Waals surface area contributed by atoms with Gasteiger partial charge in [-0.05, 0) is 80.9 Å². The van der Waals surface area contributed by atoms with Crippen molar-refractivity contribution in [1.29, 1.82) is 5.26 Å². The van der Waals surface area contributed by atoms with Gasteiger partial charge in [0, 0.05) is 11.3 Å². The molecule has 1 fully saturated rings. The minimum atomic E-state index is -0.958. The second-order valence-electron chi connectivity index (χ2n) is 7.99. The molecule has 0 saturated carbocycles. The first-order valence-corrected chi connectivity index (χ1v) is 10.4. The van der Waals surface area contributed by atoms with Gasteiger partial charge in [0.05, 0.1) is 29.6 Å². The van der Waals surface area contributed by atoms with Crippen LogP contribution in [0, 0.1) is 18.3 Å². The third-order valence-corrected chi connectivity index (χ3v) is 5.34. The summed E-state index contributed by atoms with van der Waals surface area (Å²) in [6, 6.07) is 15.7. The smallest absolute Gasteiger partial charge is 0.300 e. The summed E-state index contributed by atoms with van der Waals surface area (Å²) in [5.41, 5.74) is 1.93. The number of hydrogen-bond acceptors (Lipinski definition) is 6. The molecule has 0 radical (unpaired) electrons. The van der Waals surface area contributed by atoms with E-state index in [-0.39, 0.29) is 17.4 Å². The van der Waals surface area contributed by atoms with E-state index in [4.69, 9.17) is 14.4 Å². The Bertz CT molecular complexity index is 1280. The lowest BCUT2D eigenvalue weighted by Gasteiger charge is -2.23. The molecule has 1 aliphatic heterocycles. The maximum atomic E-state index is 13.1. The summed E-state index contributed by atoms with van der Waals surface area (Å²) in [5.74, 6) is -0.915. The third-order valence-electron chi connectivity index (χ3n) is 5.34. The highest BCUT2D eigenvalue weighted by Gasteiger charge is 2.48. The molecule has 1 amide bonds. The predicted octanol–water partition coefficient (Wildman–Crippen LogP) is 4.87. The number of aliphatic hydroxyl groups excluding tert-OH is 1. The molecule has 1 atom stereocenters. The zero-order chi connectivity index (χ0) is 23.7. The fourth-order valence-corrected chi connectivity index (χ4v) is 3.85. The van der Waals surface area contributed by atoms with Gasteiger partial charge < -0.3 is 14.3 Å². The Kier molecular flexibility index (Phi) is 5.76. The minimum Gasteiger partial charge on any atom is -0.507 e. The molecule has 2 aromatic carbocycles. The van der Waals surface area contributed by atoms with E-state index < -0.39 is 17.7 Å². The zero-order valence-electron chi connectivity index (χ0n) is 18.4. The number of carbonyl (C=O) groups is 2. The van der Waals surface area contributed by atoms with Crippen LogP contribution in [0.5, 0.6) is 5.75 Å². The Balaban J connectivity index is 1.85. The van der Waals surface area contributed by atoms with Crippen LogP contribution in [0.25, 0.3) is 5.76 Å². The lowest BCUT2D eigenvalue weighted by molar-refractivity contribution is -0.132. The Morgan fingerprint density at radius 3 is 2.45 bits per heavy atom. The number of amides is 1. The lowest BCUT2D eigenvalue weighted by Crippen LogP contribution is -2.29. The topological polar surface area (TPSA) is 104 Å². The molecule has 7 heteroatoms. The van der Waals surface area contributed by atoms with Crippen molar-refractivity contribution in [2.24, 2.45) is 0 Å². The fraction of sp³-hybridized carbons (Fsp3) is 0.192. The largest absolute Gasteiger partial charge is 0.507 e. The summed E-state index contributed by atoms with van der Waals surface area (Å²) in [6.45, 7) is 5.68. The van der Waals surface area contributed by atoms with E-state index in [2.05, 4.69) is 0 Å². The molecule has 1 aliphatic rings. The Labute approximate surface area is 191 Å². The van der Waals surface area contributed by atoms with Crippen molar-refractivity contribution >= 4 is 23.1 Å². The summed E-state index contributed by atoms with van der Waals surface area (Å²) < 4.78 is 11.3. The number of carbonyl (C=O) groups excluding carboxylic acids is 2. The summed E-state index contributed by atoms with van der Waals surface area (Å²) in [6.07, 6.45) is 1.43. The Morgan fingerprint density at radius 1 is 1.15 bits per heavy atom. The molecular formula is C26H22N2O5. The lowest BCUT2D eigenvalue weighted by atomic mass is 9.98. The number of aryl methyl sites for hydroxylation is 1. The number of furan rings is 1. The van der Waals surface area contributed by atoms with Crippen LogP contribution >= 0.6 is 0 Å². The predicted molar refractivity (Wildman–Crippen MR) is 122 cm³/mol. The van der Waals surface area contributed by atoms with Crippen LogP contribution in [0.4, 0.5) is 5.69 Å². The van der Waals surface area contributed by atoms with E-state index in [0.29, 0.717) is 28.3 Å². The molecule has 0 bridgehead atoms. The maximum Gasteiger partial charge on any atom is 0.300 e. The van der Waals surface area contributed by atoms with Crippen molar-refractivity contribution in [3.05, 3.63) is 88.9 Å². The summed E-state index contributed by atoms with van der Waals surface area (Å²) in [5, 5.41) is 20.2. The highest BCUT2D eigenvalue weighted by Crippen LogP contribution is 2.42. The van der Waals surface area contributed by atoms with E-state index in [1.54, 1.807) is 54.6 Å². The highest BCUT2D eigenvalue weighted by molar-refractivity contribution is 6.51. The van der Waals surface area contributed by atoms with E-state index >= 15 is 0 Å². The number of aliphatic hydroxyl groups is 1. The summed E-state index contributed by atoms with van der Waals surface area (Å²) in [7, 11) is 0. The number of rotatable bonds is 5. The quantitative estimate of drug-likeness (QED) is 0.343. The fourth-order valence-electron chi connectivity index (χ4n) is 3.85. The first-order valence-electron chi connectivity index (χ1n) is 10.4. The van der Waals surface area contributed by atoms with Crippen molar-refractivity contribution in [3.8, 4) is 11.8 Å². The molecule has 0 spiro atoms. The van der Waals surface area contributed by atoms with Crippen molar-refractivity contribution in [2.75, 3.05) is 4.90 Å². The van der Waals surface area contributed by atoms with Gasteiger partial charge in [0.15, 0.2) is 0 Å². The SMILES string of the molecule is Cc1cc(/C(O)=C2/C(=O)C(=O)N(c3ccc(C#N)cc3)C2c2ccco2)ccc1OC(C)C. The number of Topliss-reactive ketones (excluding diaryl/α,β-unsaturated/α-hetero) is 1. The van der Waals surface area contributed by atoms with Crippen LogP contribution in [0.15, 0.2) is 70.9 Å². The zero-order valence-corrected chi connectivity index (χ0v) is 18.4. The van der Waals surface area contributed by atoms with Gasteiger partial charge in [0.1, 0.15) is 23.3 Å². The van der Waals surface area contributed by atoms with Gasteiger partial charge in [-0.15, -0.1) is 0 Å². The van der Waals surface area contributed by atoms with Crippen LogP contribution in [-0.4, -0.2) is 22.9 Å². The van der Waals surface area contributed by atoms with Crippen LogP contribution < -0.4 is 9.64 Å². The molecule has 1 N–H and O–H groups in total. The molecule has 33 heavy (non-hydrogen) atoms. The van der Waals surface area contributed by atoms with E-state index in [1.165, 1.54) is 11.2 Å². The number of benzene rings is 2. The number of ether oxygens (including phenoxy) is 1. The van der Waals surface area contributed by atoms with Crippen LogP contribution in [0.3, 0.4) is 0 Å². The van der Waals surface area contributed by atoms with Gasteiger partial charge in [-0.1, -0.05) is 0 Å². The van der Waals surface area contributed by atoms with Gasteiger partial charge in [0.2, 0.25) is 0 Å². The molecule has 0 aliphatic carbocycles. The third kappa shape index (κ3) is 3.99. The van der Waals surface area contributed by atoms with Gasteiger partial charge in [-0.3, -0.25) is 14.5 Å². The Morgan fingerprint density at radius 2 is 1.88 bits per heavy atom. The summed E-state index contributed by atoms with van der Waals surface area (Å²) >= 11 is 0. The van der Waals surface area contributed by atoms with Gasteiger partial charge in [-0.2, -0.15) is 5.26 Å². The van der Waals surface area contributed by atoms with E-state index in [1.807, 2.05) is 26.8 Å². The van der Waals surface area contributed by atoms with Crippen molar-refractivity contribution in [3.63, 3.8) is 0 Å². The maximum absolute atomic E-state index is 13.1. The molecule has 1 unspecified atom stereocenters. The molecule has 4 rings (SSSR count). The van der Waals surface area contributed by atoms with Crippen molar-refractivity contribution in [1.82, 2.24) is 0 Å². The monoisotopic (exact) mass is 442 g/mol. The average Bonchev–Trinajstić information content (AvgIpc) is 3.41. The van der Waals surface area contributed by atoms with Gasteiger partial charge in [0.25, 0.3) is 11.7 Å². The molecule has 166 valence electrons. The number of anilines is 1. The van der Waals surface area contributed by atoms with Crippen molar-refractivity contribution in [2.45, 2.75) is 32.9 Å².